The molecule has 2 aliphatic rings. The fourth-order valence-electron chi connectivity index (χ4n) is 4.26. The summed E-state index contributed by atoms with van der Waals surface area (Å²) in [7, 11) is 0. The summed E-state index contributed by atoms with van der Waals surface area (Å²) in [6, 6.07) is 2.39. The Morgan fingerprint density at radius 3 is 2.41 bits per heavy atom. The summed E-state index contributed by atoms with van der Waals surface area (Å²) >= 11 is 0. The van der Waals surface area contributed by atoms with Gasteiger partial charge in [-0.05, 0) is 46.0 Å². The van der Waals surface area contributed by atoms with Crippen molar-refractivity contribution < 1.29 is 0 Å². The Labute approximate surface area is 199 Å². The lowest BCUT2D eigenvalue weighted by molar-refractivity contribution is 0.293. The highest BCUT2D eigenvalue weighted by Gasteiger charge is 2.20. The maximum atomic E-state index is 8.73. The van der Waals surface area contributed by atoms with Crippen LogP contribution >= 0.6 is 0 Å². The van der Waals surface area contributed by atoms with Gasteiger partial charge >= 0.3 is 0 Å². The number of piperazine rings is 1. The van der Waals surface area contributed by atoms with Crippen LogP contribution in [0, 0.1) is 23.2 Å². The van der Waals surface area contributed by atoms with E-state index in [4.69, 9.17) is 5.26 Å². The van der Waals surface area contributed by atoms with E-state index in [9.17, 15) is 0 Å². The van der Waals surface area contributed by atoms with Gasteiger partial charge in [-0.15, -0.1) is 0 Å². The first kappa shape index (κ1) is 30.1. The third-order valence-electron chi connectivity index (χ3n) is 5.98. The van der Waals surface area contributed by atoms with Crippen molar-refractivity contribution in [3.63, 3.8) is 0 Å². The van der Waals surface area contributed by atoms with Gasteiger partial charge in [0.2, 0.25) is 0 Å². The lowest BCUT2D eigenvalue weighted by Crippen LogP contribution is -2.42. The molecule has 1 saturated carbocycles. The summed E-state index contributed by atoms with van der Waals surface area (Å²) < 4.78 is 0. The average Bonchev–Trinajstić information content (AvgIpc) is 2.85. The monoisotopic (exact) mass is 442 g/mol. The number of allylic oxidation sites excluding steroid dienone is 5. The molecular formula is C28H50N4. The topological polar surface area (TPSA) is 51.4 Å². The molecule has 4 heteroatoms. The average molecular weight is 443 g/mol. The van der Waals surface area contributed by atoms with Gasteiger partial charge in [-0.3, -0.25) is 4.99 Å². The molecule has 1 aliphatic heterocycles. The largest absolute Gasteiger partial charge is 0.372 e. The molecule has 1 aliphatic carbocycles. The van der Waals surface area contributed by atoms with Crippen molar-refractivity contribution in [3.05, 3.63) is 35.7 Å². The minimum atomic E-state index is 0.375. The Hall–Kier alpha value is -1.86. The van der Waals surface area contributed by atoms with E-state index in [-0.39, 0.29) is 0 Å². The minimum absolute atomic E-state index is 0.375. The molecule has 0 amide bonds. The molecule has 1 saturated heterocycles. The molecule has 0 aromatic rings. The number of nitrogens with zero attached hydrogens (tertiary/aromatic N) is 3. The molecule has 1 heterocycles. The molecule has 32 heavy (non-hydrogen) atoms. The molecule has 2 unspecified atom stereocenters. The Bertz CT molecular complexity index is 628. The quantitative estimate of drug-likeness (QED) is 0.333. The second-order valence-corrected chi connectivity index (χ2v) is 8.39. The number of nitrogens with one attached hydrogen (secondary N) is 1. The van der Waals surface area contributed by atoms with Crippen LogP contribution in [0.4, 0.5) is 0 Å². The summed E-state index contributed by atoms with van der Waals surface area (Å²) in [6.07, 6.45) is 16.8. The molecule has 182 valence electrons. The van der Waals surface area contributed by atoms with Crippen LogP contribution in [0.2, 0.25) is 0 Å². The molecule has 0 aromatic heterocycles. The molecule has 0 bridgehead atoms. The predicted octanol–water partition coefficient (Wildman–Crippen LogP) is 7.27. The van der Waals surface area contributed by atoms with Crippen LogP contribution in [-0.4, -0.2) is 36.8 Å². The molecule has 4 nitrogen and oxygen atoms in total. The van der Waals surface area contributed by atoms with Gasteiger partial charge in [0.15, 0.2) is 0 Å². The first-order valence-corrected chi connectivity index (χ1v) is 13.0. The zero-order chi connectivity index (χ0) is 24.2. The lowest BCUT2D eigenvalue weighted by atomic mass is 9.80. The summed E-state index contributed by atoms with van der Waals surface area (Å²) in [5.74, 6) is 1.23. The molecule has 0 spiro atoms. The third kappa shape index (κ3) is 12.2. The molecule has 2 rings (SSSR count). The first-order valence-electron chi connectivity index (χ1n) is 13.0. The minimum Gasteiger partial charge on any atom is -0.372 e. The van der Waals surface area contributed by atoms with Gasteiger partial charge in [0.05, 0.1) is 6.07 Å². The van der Waals surface area contributed by atoms with Gasteiger partial charge in [0.1, 0.15) is 0 Å². The normalized spacial score (nSPS) is 22.4. The van der Waals surface area contributed by atoms with Crippen molar-refractivity contribution in [2.75, 3.05) is 26.2 Å². The summed E-state index contributed by atoms with van der Waals surface area (Å²) in [4.78, 5) is 6.97. The molecule has 1 N–H and O–H groups in total. The van der Waals surface area contributed by atoms with E-state index in [1.54, 1.807) is 0 Å². The Kier molecular flexibility index (Phi) is 18.6. The van der Waals surface area contributed by atoms with Crippen molar-refractivity contribution in [1.82, 2.24) is 10.2 Å². The van der Waals surface area contributed by atoms with E-state index >= 15 is 0 Å². The van der Waals surface area contributed by atoms with E-state index < -0.39 is 0 Å². The molecule has 0 radical (unpaired) electrons. The smallest absolute Gasteiger partial charge is 0.0655 e. The van der Waals surface area contributed by atoms with Crippen molar-refractivity contribution in [2.45, 2.75) is 93.4 Å². The van der Waals surface area contributed by atoms with E-state index in [1.807, 2.05) is 20.0 Å². The standard InChI is InChI=1S/C16H27N3.C10H17N.C2H6/c1-5-7-9-18-14(3)16(8-6-2)15(4)19-12-10-17-11-13-19;1-2-4-9-5-3-6-10(7-9)8-11;1-2/h6-9,17H,5,10-13H2,1-4H3;9-10H,2-7H2,1H3;1-2H3/b8-6-,9-7+,16-15+,18-14+;;. The molecule has 2 atom stereocenters. The fourth-order valence-corrected chi connectivity index (χ4v) is 4.26. The van der Waals surface area contributed by atoms with Gasteiger partial charge in [-0.2, -0.15) is 5.26 Å². The van der Waals surface area contributed by atoms with E-state index in [0.29, 0.717) is 5.92 Å². The van der Waals surface area contributed by atoms with Crippen LogP contribution in [-0.2, 0) is 0 Å². The third-order valence-corrected chi connectivity index (χ3v) is 5.98. The second-order valence-electron chi connectivity index (χ2n) is 8.39. The van der Waals surface area contributed by atoms with Gasteiger partial charge in [0, 0.05) is 55.3 Å². The summed E-state index contributed by atoms with van der Waals surface area (Å²) in [5, 5.41) is 12.1. The zero-order valence-corrected chi connectivity index (χ0v) is 22.1. The van der Waals surface area contributed by atoms with Gasteiger partial charge in [0.25, 0.3) is 0 Å². The molecule has 0 aromatic carbocycles. The number of rotatable bonds is 7. The predicted molar refractivity (Wildman–Crippen MR) is 142 cm³/mol. The highest BCUT2D eigenvalue weighted by atomic mass is 15.2. The van der Waals surface area contributed by atoms with Crippen LogP contribution in [0.3, 0.4) is 0 Å². The SMILES string of the molecule is CC.CCCC1CCCC(C#N)C1.C\C=C/C(C(/C)=N/C=C/CC)=C(/C)N1CCNCC1. The Balaban J connectivity index is 0.000000626. The van der Waals surface area contributed by atoms with Crippen molar-refractivity contribution in [1.29, 1.82) is 5.26 Å². The van der Waals surface area contributed by atoms with Crippen LogP contribution in [0.1, 0.15) is 93.4 Å². The lowest BCUT2D eigenvalue weighted by Gasteiger charge is -2.31. The van der Waals surface area contributed by atoms with Crippen molar-refractivity contribution in [2.24, 2.45) is 16.8 Å². The highest BCUT2D eigenvalue weighted by Crippen LogP contribution is 2.31. The molecule has 2 fully saturated rings. The highest BCUT2D eigenvalue weighted by molar-refractivity contribution is 6.01. The van der Waals surface area contributed by atoms with Gasteiger partial charge in [-0.1, -0.05) is 71.6 Å². The summed E-state index contributed by atoms with van der Waals surface area (Å²) in [5.41, 5.74) is 3.65. The number of aliphatic imine (C=N–C) groups is 1. The first-order chi connectivity index (χ1) is 15.6. The van der Waals surface area contributed by atoms with E-state index in [0.717, 1.165) is 50.7 Å². The Morgan fingerprint density at radius 2 is 1.84 bits per heavy atom. The summed E-state index contributed by atoms with van der Waals surface area (Å²) in [6.45, 7) is 19.0. The molecular weight excluding hydrogens is 392 g/mol. The van der Waals surface area contributed by atoms with Gasteiger partial charge in [-0.25, -0.2) is 0 Å². The van der Waals surface area contributed by atoms with Crippen molar-refractivity contribution >= 4 is 5.71 Å². The Morgan fingerprint density at radius 1 is 1.16 bits per heavy atom. The number of hydrogen-bond donors (Lipinski definition) is 1. The zero-order valence-electron chi connectivity index (χ0n) is 22.1. The van der Waals surface area contributed by atoms with Crippen LogP contribution < -0.4 is 5.32 Å². The van der Waals surface area contributed by atoms with Gasteiger partial charge < -0.3 is 10.2 Å². The van der Waals surface area contributed by atoms with Crippen LogP contribution in [0.25, 0.3) is 0 Å². The number of hydrogen-bond acceptors (Lipinski definition) is 4. The maximum absolute atomic E-state index is 8.73. The maximum Gasteiger partial charge on any atom is 0.0655 e. The number of nitriles is 1. The van der Waals surface area contributed by atoms with E-state index in [2.05, 4.69) is 74.1 Å². The van der Waals surface area contributed by atoms with Crippen LogP contribution in [0.15, 0.2) is 40.7 Å². The fraction of sp³-hybridized carbons (Fsp3) is 0.714. The second kappa shape index (κ2) is 19.8. The van der Waals surface area contributed by atoms with Crippen molar-refractivity contribution in [3.8, 4) is 6.07 Å². The van der Waals surface area contributed by atoms with E-state index in [1.165, 1.54) is 43.4 Å². The van der Waals surface area contributed by atoms with Crippen LogP contribution in [0.5, 0.6) is 0 Å².